The van der Waals surface area contributed by atoms with Crippen molar-refractivity contribution in [2.24, 2.45) is 0 Å². The molecule has 8 nitrogen and oxygen atoms in total. The molecule has 0 spiro atoms. The summed E-state index contributed by atoms with van der Waals surface area (Å²) in [5.41, 5.74) is 4.13. The minimum absolute atomic E-state index is 0.354. The lowest BCUT2D eigenvalue weighted by Gasteiger charge is -2.15. The number of nitrogens with zero attached hydrogens (tertiary/aromatic N) is 2. The van der Waals surface area contributed by atoms with Gasteiger partial charge in [0.1, 0.15) is 5.82 Å². The molecule has 192 valence electrons. The van der Waals surface area contributed by atoms with Crippen LogP contribution in [-0.2, 0) is 11.3 Å². The number of aromatic nitrogens is 2. The van der Waals surface area contributed by atoms with Gasteiger partial charge >= 0.3 is 5.97 Å². The SMILES string of the molecule is CCCCNc1nc(NCc2ccc(-c3ccccc3C(=O)OC)cc2)c2cc(OC)c(OC)cc2n1. The van der Waals surface area contributed by atoms with Crippen molar-refractivity contribution in [2.45, 2.75) is 26.3 Å². The Bertz CT molecular complexity index is 1370. The third kappa shape index (κ3) is 5.91. The van der Waals surface area contributed by atoms with E-state index in [1.54, 1.807) is 20.3 Å². The molecule has 0 saturated carbocycles. The van der Waals surface area contributed by atoms with E-state index in [0.717, 1.165) is 47.0 Å². The van der Waals surface area contributed by atoms with E-state index in [0.29, 0.717) is 35.4 Å². The Morgan fingerprint density at radius 2 is 1.62 bits per heavy atom. The average Bonchev–Trinajstić information content (AvgIpc) is 2.95. The van der Waals surface area contributed by atoms with Crippen LogP contribution in [0.15, 0.2) is 60.7 Å². The molecule has 4 rings (SSSR count). The van der Waals surface area contributed by atoms with Gasteiger partial charge in [0.05, 0.1) is 32.4 Å². The third-order valence-corrected chi connectivity index (χ3v) is 6.07. The Labute approximate surface area is 217 Å². The lowest BCUT2D eigenvalue weighted by Crippen LogP contribution is -2.09. The number of anilines is 2. The number of carbonyl (C=O) groups excluding carboxylic acids is 1. The second-order valence-electron chi connectivity index (χ2n) is 8.49. The molecule has 0 saturated heterocycles. The highest BCUT2D eigenvalue weighted by atomic mass is 16.5. The Morgan fingerprint density at radius 3 is 2.32 bits per heavy atom. The fraction of sp³-hybridized carbons (Fsp3) is 0.276. The molecule has 1 heterocycles. The van der Waals surface area contributed by atoms with Crippen LogP contribution in [-0.4, -0.2) is 43.8 Å². The molecular weight excluding hydrogens is 468 g/mol. The quantitative estimate of drug-likeness (QED) is 0.193. The van der Waals surface area contributed by atoms with Gasteiger partial charge in [0.25, 0.3) is 0 Å². The summed E-state index contributed by atoms with van der Waals surface area (Å²) in [6, 6.07) is 19.2. The van der Waals surface area contributed by atoms with E-state index in [2.05, 4.69) is 22.5 Å². The van der Waals surface area contributed by atoms with Gasteiger partial charge in [0.15, 0.2) is 11.5 Å². The van der Waals surface area contributed by atoms with E-state index in [1.165, 1.54) is 7.11 Å². The molecule has 0 aliphatic heterocycles. The van der Waals surface area contributed by atoms with Crippen LogP contribution in [0.3, 0.4) is 0 Å². The molecule has 4 aromatic rings. The first-order valence-corrected chi connectivity index (χ1v) is 12.3. The minimum atomic E-state index is -0.354. The third-order valence-electron chi connectivity index (χ3n) is 6.07. The Hall–Kier alpha value is -4.33. The monoisotopic (exact) mass is 500 g/mol. The average molecular weight is 501 g/mol. The van der Waals surface area contributed by atoms with Gasteiger partial charge < -0.3 is 24.8 Å². The number of nitrogens with one attached hydrogen (secondary N) is 2. The summed E-state index contributed by atoms with van der Waals surface area (Å²) >= 11 is 0. The molecule has 1 aromatic heterocycles. The van der Waals surface area contributed by atoms with Gasteiger partial charge in [0.2, 0.25) is 5.95 Å². The first-order chi connectivity index (χ1) is 18.1. The van der Waals surface area contributed by atoms with Crippen LogP contribution in [0.5, 0.6) is 11.5 Å². The number of benzene rings is 3. The highest BCUT2D eigenvalue weighted by molar-refractivity contribution is 5.97. The molecule has 0 atom stereocenters. The second-order valence-corrected chi connectivity index (χ2v) is 8.49. The zero-order chi connectivity index (χ0) is 26.2. The maximum absolute atomic E-state index is 12.2. The molecule has 3 aromatic carbocycles. The van der Waals surface area contributed by atoms with E-state index in [-0.39, 0.29) is 5.97 Å². The van der Waals surface area contributed by atoms with Crippen LogP contribution in [0.1, 0.15) is 35.7 Å². The van der Waals surface area contributed by atoms with Crippen molar-refractivity contribution >= 4 is 28.6 Å². The molecule has 8 heteroatoms. The van der Waals surface area contributed by atoms with Crippen LogP contribution in [0.25, 0.3) is 22.0 Å². The highest BCUT2D eigenvalue weighted by Crippen LogP contribution is 2.35. The fourth-order valence-electron chi connectivity index (χ4n) is 4.06. The second kappa shape index (κ2) is 12.1. The normalized spacial score (nSPS) is 10.7. The number of unbranched alkanes of at least 4 members (excludes halogenated alkanes) is 1. The molecule has 0 bridgehead atoms. The standard InChI is InChI=1S/C29H32N4O4/c1-5-6-15-30-29-32-24-17-26(36-3)25(35-2)16-23(24)27(33-29)31-18-19-11-13-20(14-12-19)21-9-7-8-10-22(21)28(34)37-4/h7-14,16-17H,5-6,15,18H2,1-4H3,(H2,30,31,32,33). The van der Waals surface area contributed by atoms with Crippen LogP contribution >= 0.6 is 0 Å². The van der Waals surface area contributed by atoms with Crippen molar-refractivity contribution in [3.05, 3.63) is 71.8 Å². The van der Waals surface area contributed by atoms with E-state index in [4.69, 9.17) is 19.2 Å². The highest BCUT2D eigenvalue weighted by Gasteiger charge is 2.15. The van der Waals surface area contributed by atoms with Crippen molar-refractivity contribution in [1.82, 2.24) is 9.97 Å². The van der Waals surface area contributed by atoms with Gasteiger partial charge in [-0.25, -0.2) is 9.78 Å². The van der Waals surface area contributed by atoms with Crippen LogP contribution in [0, 0.1) is 0 Å². The molecule has 0 amide bonds. The van der Waals surface area contributed by atoms with Gasteiger partial charge in [0, 0.05) is 24.5 Å². The lowest BCUT2D eigenvalue weighted by molar-refractivity contribution is 0.0601. The largest absolute Gasteiger partial charge is 0.493 e. The van der Waals surface area contributed by atoms with E-state index < -0.39 is 0 Å². The topological polar surface area (TPSA) is 94.6 Å². The molecule has 0 fully saturated rings. The summed E-state index contributed by atoms with van der Waals surface area (Å²) in [5, 5.41) is 7.61. The van der Waals surface area contributed by atoms with Gasteiger partial charge in [-0.15, -0.1) is 0 Å². The Kier molecular flexibility index (Phi) is 8.40. The van der Waals surface area contributed by atoms with Crippen molar-refractivity contribution < 1.29 is 19.0 Å². The van der Waals surface area contributed by atoms with Crippen molar-refractivity contribution in [3.8, 4) is 22.6 Å². The molecule has 0 aliphatic carbocycles. The van der Waals surface area contributed by atoms with Crippen molar-refractivity contribution in [2.75, 3.05) is 38.5 Å². The van der Waals surface area contributed by atoms with E-state index in [1.807, 2.05) is 54.6 Å². The Morgan fingerprint density at radius 1 is 0.892 bits per heavy atom. The molecule has 2 N–H and O–H groups in total. The molecule has 0 aliphatic rings. The summed E-state index contributed by atoms with van der Waals surface area (Å²) in [5.74, 6) is 2.13. The summed E-state index contributed by atoms with van der Waals surface area (Å²) in [6.07, 6.45) is 2.11. The summed E-state index contributed by atoms with van der Waals surface area (Å²) < 4.78 is 15.9. The summed E-state index contributed by atoms with van der Waals surface area (Å²) in [7, 11) is 4.61. The summed E-state index contributed by atoms with van der Waals surface area (Å²) in [6.45, 7) is 3.49. The van der Waals surface area contributed by atoms with Crippen molar-refractivity contribution in [3.63, 3.8) is 0 Å². The van der Waals surface area contributed by atoms with E-state index >= 15 is 0 Å². The zero-order valence-electron chi connectivity index (χ0n) is 21.6. The molecular formula is C29H32N4O4. The molecule has 37 heavy (non-hydrogen) atoms. The number of esters is 1. The van der Waals surface area contributed by atoms with Crippen LogP contribution < -0.4 is 20.1 Å². The minimum Gasteiger partial charge on any atom is -0.493 e. The van der Waals surface area contributed by atoms with Gasteiger partial charge in [-0.05, 0) is 35.2 Å². The van der Waals surface area contributed by atoms with Gasteiger partial charge in [-0.3, -0.25) is 0 Å². The maximum Gasteiger partial charge on any atom is 0.338 e. The predicted octanol–water partition coefficient (Wildman–Crippen LogP) is 5.92. The number of fused-ring (bicyclic) bond motifs is 1. The zero-order valence-corrected chi connectivity index (χ0v) is 21.6. The fourth-order valence-corrected chi connectivity index (χ4v) is 4.06. The number of carbonyl (C=O) groups is 1. The number of hydrogen-bond donors (Lipinski definition) is 2. The van der Waals surface area contributed by atoms with Crippen molar-refractivity contribution in [1.29, 1.82) is 0 Å². The number of rotatable bonds is 11. The number of ether oxygens (including phenoxy) is 3. The summed E-state index contributed by atoms with van der Waals surface area (Å²) in [4.78, 5) is 21.6. The predicted molar refractivity (Wildman–Crippen MR) is 147 cm³/mol. The lowest BCUT2D eigenvalue weighted by atomic mass is 9.98. The molecule has 0 radical (unpaired) electrons. The number of hydrogen-bond acceptors (Lipinski definition) is 8. The van der Waals surface area contributed by atoms with Gasteiger partial charge in [-0.1, -0.05) is 55.8 Å². The first kappa shape index (κ1) is 25.8. The smallest absolute Gasteiger partial charge is 0.338 e. The van der Waals surface area contributed by atoms with Crippen LogP contribution in [0.2, 0.25) is 0 Å². The molecule has 0 unspecified atom stereocenters. The van der Waals surface area contributed by atoms with Crippen LogP contribution in [0.4, 0.5) is 11.8 Å². The first-order valence-electron chi connectivity index (χ1n) is 12.3. The Balaban J connectivity index is 1.60. The van der Waals surface area contributed by atoms with E-state index in [9.17, 15) is 4.79 Å². The number of methoxy groups -OCH3 is 3. The van der Waals surface area contributed by atoms with Gasteiger partial charge in [-0.2, -0.15) is 4.98 Å². The maximum atomic E-state index is 12.2.